The van der Waals surface area contributed by atoms with Crippen LogP contribution in [0.15, 0.2) is 48.1 Å². The van der Waals surface area contributed by atoms with Gasteiger partial charge in [0.05, 0.1) is 6.04 Å². The second-order valence-corrected chi connectivity index (χ2v) is 7.13. The summed E-state index contributed by atoms with van der Waals surface area (Å²) in [6.45, 7) is 9.13. The highest BCUT2D eigenvalue weighted by Gasteiger charge is 2.63. The monoisotopic (exact) mass is 278 g/mol. The minimum atomic E-state index is 0.281. The van der Waals surface area contributed by atoms with E-state index >= 15 is 0 Å². The van der Waals surface area contributed by atoms with Crippen molar-refractivity contribution in [2.75, 3.05) is 18.4 Å². The molecule has 3 fully saturated rings. The van der Waals surface area contributed by atoms with Crippen molar-refractivity contribution in [1.82, 2.24) is 4.90 Å². The van der Waals surface area contributed by atoms with Gasteiger partial charge in [0.15, 0.2) is 0 Å². The maximum Gasteiger partial charge on any atom is 0.0590 e. The molecular weight excluding hydrogens is 256 g/mol. The van der Waals surface area contributed by atoms with Crippen LogP contribution < -0.4 is 5.32 Å². The predicted molar refractivity (Wildman–Crippen MR) is 86.5 cm³/mol. The van der Waals surface area contributed by atoms with E-state index in [-0.39, 0.29) is 5.41 Å². The van der Waals surface area contributed by atoms with E-state index in [2.05, 4.69) is 54.1 Å². The molecule has 1 aromatic carbocycles. The van der Waals surface area contributed by atoms with E-state index in [1.54, 1.807) is 11.1 Å². The summed E-state index contributed by atoms with van der Waals surface area (Å²) in [5.74, 6) is 0.592. The standard InChI is InChI=1S/C19H22N2/c1-3-13-11-21-9-8-19-15-6-4-5-7-16(15)20-18(19)12(2)14(13)10-17(19)21/h3-7,14,17-18,20H,2,8-11H2,1H3/b13-3-/t14-,17+,18+,19-/m1/s1. The highest BCUT2D eigenvalue weighted by atomic mass is 15.2. The van der Waals surface area contributed by atoms with E-state index in [4.69, 9.17) is 0 Å². The summed E-state index contributed by atoms with van der Waals surface area (Å²) in [5, 5.41) is 3.82. The number of nitrogens with one attached hydrogen (secondary N) is 1. The Balaban J connectivity index is 1.73. The van der Waals surface area contributed by atoms with Gasteiger partial charge in [0.1, 0.15) is 0 Å². The maximum absolute atomic E-state index is 4.55. The number of hydrogen-bond acceptors (Lipinski definition) is 2. The third-order valence-electron chi connectivity index (χ3n) is 6.57. The van der Waals surface area contributed by atoms with Crippen LogP contribution >= 0.6 is 0 Å². The molecule has 0 amide bonds. The van der Waals surface area contributed by atoms with E-state index in [1.165, 1.54) is 30.6 Å². The number of allylic oxidation sites excluding steroid dienone is 1. The molecule has 1 aromatic rings. The van der Waals surface area contributed by atoms with E-state index in [9.17, 15) is 0 Å². The summed E-state index contributed by atoms with van der Waals surface area (Å²) < 4.78 is 0. The second-order valence-electron chi connectivity index (χ2n) is 7.13. The smallest absolute Gasteiger partial charge is 0.0590 e. The number of piperidine rings is 1. The average molecular weight is 278 g/mol. The van der Waals surface area contributed by atoms with E-state index in [0.717, 1.165) is 6.54 Å². The zero-order valence-electron chi connectivity index (χ0n) is 12.6. The first kappa shape index (κ1) is 12.0. The zero-order valence-corrected chi connectivity index (χ0v) is 12.6. The van der Waals surface area contributed by atoms with E-state index in [0.29, 0.717) is 18.0 Å². The number of rotatable bonds is 0. The number of para-hydroxylation sites is 1. The Morgan fingerprint density at radius 3 is 3.10 bits per heavy atom. The summed E-state index contributed by atoms with van der Waals surface area (Å²) >= 11 is 0. The third kappa shape index (κ3) is 1.24. The van der Waals surface area contributed by atoms with Gasteiger partial charge in [0.25, 0.3) is 0 Å². The van der Waals surface area contributed by atoms with Gasteiger partial charge in [0.2, 0.25) is 0 Å². The van der Waals surface area contributed by atoms with Crippen molar-refractivity contribution in [3.05, 3.63) is 53.6 Å². The van der Waals surface area contributed by atoms with Gasteiger partial charge >= 0.3 is 0 Å². The molecule has 3 heterocycles. The van der Waals surface area contributed by atoms with Gasteiger partial charge in [-0.05, 0) is 43.5 Å². The Hall–Kier alpha value is -1.54. The molecule has 0 unspecified atom stereocenters. The first-order valence-electron chi connectivity index (χ1n) is 8.19. The molecule has 0 aromatic heterocycles. The average Bonchev–Trinajstić information content (AvgIpc) is 3.07. The lowest BCUT2D eigenvalue weighted by Gasteiger charge is -2.52. The molecule has 1 saturated carbocycles. The van der Waals surface area contributed by atoms with Gasteiger partial charge in [-0.2, -0.15) is 0 Å². The van der Waals surface area contributed by atoms with Crippen LogP contribution in [0.1, 0.15) is 25.3 Å². The van der Waals surface area contributed by atoms with E-state index < -0.39 is 0 Å². The van der Waals surface area contributed by atoms with Crippen LogP contribution in [-0.2, 0) is 5.41 Å². The maximum atomic E-state index is 4.55. The van der Waals surface area contributed by atoms with E-state index in [1.807, 2.05) is 0 Å². The first-order valence-corrected chi connectivity index (χ1v) is 8.19. The van der Waals surface area contributed by atoms with Crippen LogP contribution in [0.5, 0.6) is 0 Å². The largest absolute Gasteiger partial charge is 0.377 e. The summed E-state index contributed by atoms with van der Waals surface area (Å²) in [7, 11) is 0. The normalized spacial score (nSPS) is 41.9. The topological polar surface area (TPSA) is 15.3 Å². The van der Waals surface area contributed by atoms with Gasteiger partial charge in [0, 0.05) is 29.6 Å². The third-order valence-corrected chi connectivity index (χ3v) is 6.57. The van der Waals surface area contributed by atoms with Crippen LogP contribution in [0.3, 0.4) is 0 Å². The highest BCUT2D eigenvalue weighted by molar-refractivity contribution is 5.67. The molecule has 4 aliphatic rings. The van der Waals surface area contributed by atoms with Crippen molar-refractivity contribution in [1.29, 1.82) is 0 Å². The summed E-state index contributed by atoms with van der Waals surface area (Å²) in [4.78, 5) is 2.73. The zero-order chi connectivity index (χ0) is 14.2. The van der Waals surface area contributed by atoms with Crippen molar-refractivity contribution < 1.29 is 0 Å². The van der Waals surface area contributed by atoms with Crippen LogP contribution in [0.2, 0.25) is 0 Å². The quantitative estimate of drug-likeness (QED) is 0.732. The molecule has 2 heteroatoms. The fraction of sp³-hybridized carbons (Fsp3) is 0.474. The lowest BCUT2D eigenvalue weighted by Crippen LogP contribution is -2.58. The Morgan fingerprint density at radius 1 is 1.38 bits per heavy atom. The van der Waals surface area contributed by atoms with Gasteiger partial charge in [-0.3, -0.25) is 4.90 Å². The van der Waals surface area contributed by atoms with Crippen LogP contribution in [0.4, 0.5) is 5.69 Å². The fourth-order valence-corrected chi connectivity index (χ4v) is 5.66. The van der Waals surface area contributed by atoms with Gasteiger partial charge in [-0.25, -0.2) is 0 Å². The van der Waals surface area contributed by atoms with Crippen molar-refractivity contribution in [3.63, 3.8) is 0 Å². The van der Waals surface area contributed by atoms with Crippen molar-refractivity contribution in [3.8, 4) is 0 Å². The Labute approximate surface area is 126 Å². The molecular formula is C19H22N2. The lowest BCUT2D eigenvalue weighted by molar-refractivity contribution is 0.133. The van der Waals surface area contributed by atoms with Crippen LogP contribution in [-0.4, -0.2) is 30.1 Å². The SMILES string of the molecule is C=C1[C@H]2C[C@@H]3N(CC[C@@]34c3ccccc3N[C@@H]14)C/C2=C/C. The Morgan fingerprint density at radius 2 is 2.24 bits per heavy atom. The molecule has 5 rings (SSSR count). The molecule has 2 saturated heterocycles. The molecule has 2 nitrogen and oxygen atoms in total. The van der Waals surface area contributed by atoms with Gasteiger partial charge < -0.3 is 5.32 Å². The molecule has 1 N–H and O–H groups in total. The van der Waals surface area contributed by atoms with Crippen LogP contribution in [0.25, 0.3) is 0 Å². The molecule has 4 atom stereocenters. The number of benzene rings is 1. The minimum Gasteiger partial charge on any atom is -0.377 e. The lowest BCUT2D eigenvalue weighted by atomic mass is 9.58. The number of anilines is 1. The van der Waals surface area contributed by atoms with Crippen molar-refractivity contribution in [2.24, 2.45) is 5.92 Å². The van der Waals surface area contributed by atoms with Gasteiger partial charge in [-0.15, -0.1) is 0 Å². The molecule has 1 aliphatic carbocycles. The van der Waals surface area contributed by atoms with Crippen molar-refractivity contribution in [2.45, 2.75) is 37.3 Å². The summed E-state index contributed by atoms with van der Waals surface area (Å²) in [6, 6.07) is 10.1. The van der Waals surface area contributed by atoms with Crippen LogP contribution in [0, 0.1) is 5.92 Å². The molecule has 0 radical (unpaired) electrons. The molecule has 1 spiro atoms. The predicted octanol–water partition coefficient (Wildman–Crippen LogP) is 3.33. The Bertz CT molecular complexity index is 674. The van der Waals surface area contributed by atoms with Crippen molar-refractivity contribution >= 4 is 5.69 Å². The summed E-state index contributed by atoms with van der Waals surface area (Å²) in [6.07, 6.45) is 4.87. The second kappa shape index (κ2) is 3.80. The first-order chi connectivity index (χ1) is 10.3. The highest BCUT2D eigenvalue weighted by Crippen LogP contribution is 2.60. The number of nitrogens with zero attached hydrogens (tertiary/aromatic N) is 1. The Kier molecular flexibility index (Phi) is 2.18. The number of fused-ring (bicyclic) bond motifs is 2. The molecule has 3 aliphatic heterocycles. The number of hydrogen-bond donors (Lipinski definition) is 1. The molecule has 21 heavy (non-hydrogen) atoms. The fourth-order valence-electron chi connectivity index (χ4n) is 5.66. The summed E-state index contributed by atoms with van der Waals surface area (Å²) in [5.41, 5.74) is 6.19. The van der Waals surface area contributed by atoms with Gasteiger partial charge in [-0.1, -0.05) is 36.4 Å². The molecule has 108 valence electrons. The molecule has 2 bridgehead atoms. The minimum absolute atomic E-state index is 0.281.